The number of anilines is 3. The zero-order valence-corrected chi connectivity index (χ0v) is 13.8. The molecule has 0 fully saturated rings. The van der Waals surface area contributed by atoms with Gasteiger partial charge in [0.1, 0.15) is 5.82 Å². The van der Waals surface area contributed by atoms with Crippen LogP contribution >= 0.6 is 23.1 Å². The van der Waals surface area contributed by atoms with E-state index in [2.05, 4.69) is 37.4 Å². The van der Waals surface area contributed by atoms with Gasteiger partial charge in [0.15, 0.2) is 4.34 Å². The number of nitrogens with zero attached hydrogens (tertiary/aromatic N) is 6. The molecule has 114 valence electrons. The summed E-state index contributed by atoms with van der Waals surface area (Å²) in [7, 11) is 3.73. The second-order valence-electron chi connectivity index (χ2n) is 4.39. The van der Waals surface area contributed by atoms with Crippen molar-refractivity contribution in [3.05, 3.63) is 5.82 Å². The van der Waals surface area contributed by atoms with Crippen LogP contribution in [0.25, 0.3) is 0 Å². The lowest BCUT2D eigenvalue weighted by molar-refractivity contribution is 0.917. The number of aromatic nitrogens is 5. The summed E-state index contributed by atoms with van der Waals surface area (Å²) in [6.07, 6.45) is 1.06. The van der Waals surface area contributed by atoms with E-state index < -0.39 is 0 Å². The van der Waals surface area contributed by atoms with Gasteiger partial charge in [0, 0.05) is 20.6 Å². The summed E-state index contributed by atoms with van der Waals surface area (Å²) in [5.41, 5.74) is 5.69. The SMILES string of the molecule is CCCNc1nnc(SCc2nc(N)nc(N(C)C)n2)s1. The van der Waals surface area contributed by atoms with Gasteiger partial charge in [0.2, 0.25) is 17.0 Å². The summed E-state index contributed by atoms with van der Waals surface area (Å²) in [6, 6.07) is 0. The summed E-state index contributed by atoms with van der Waals surface area (Å²) in [4.78, 5) is 14.3. The van der Waals surface area contributed by atoms with Crippen molar-refractivity contribution < 1.29 is 0 Å². The van der Waals surface area contributed by atoms with Crippen LogP contribution in [0.1, 0.15) is 19.2 Å². The van der Waals surface area contributed by atoms with Gasteiger partial charge in [0.25, 0.3) is 0 Å². The largest absolute Gasteiger partial charge is 0.368 e. The van der Waals surface area contributed by atoms with Crippen molar-refractivity contribution in [3.8, 4) is 0 Å². The molecular weight excluding hydrogens is 308 g/mol. The molecule has 0 saturated heterocycles. The third kappa shape index (κ3) is 4.67. The Morgan fingerprint density at radius 2 is 2.05 bits per heavy atom. The Kier molecular flexibility index (Phi) is 5.51. The fraction of sp³-hybridized carbons (Fsp3) is 0.545. The van der Waals surface area contributed by atoms with Crippen molar-refractivity contribution in [3.63, 3.8) is 0 Å². The molecule has 2 rings (SSSR count). The van der Waals surface area contributed by atoms with E-state index in [1.54, 1.807) is 4.90 Å². The van der Waals surface area contributed by atoms with Crippen LogP contribution in [0, 0.1) is 0 Å². The lowest BCUT2D eigenvalue weighted by Gasteiger charge is -2.10. The first-order valence-electron chi connectivity index (χ1n) is 6.46. The highest BCUT2D eigenvalue weighted by Crippen LogP contribution is 2.27. The minimum absolute atomic E-state index is 0.229. The first-order chi connectivity index (χ1) is 10.1. The quantitative estimate of drug-likeness (QED) is 0.732. The first-order valence-corrected chi connectivity index (χ1v) is 8.26. The van der Waals surface area contributed by atoms with E-state index in [0.29, 0.717) is 17.5 Å². The molecule has 0 unspecified atom stereocenters. The fourth-order valence-corrected chi connectivity index (χ4v) is 3.02. The lowest BCUT2D eigenvalue weighted by Crippen LogP contribution is -2.15. The standard InChI is InChI=1S/C11H18N8S2/c1-4-5-13-10-17-18-11(21-10)20-6-7-14-8(12)16-9(15-7)19(2)3/h4-6H2,1-3H3,(H,13,17)(H2,12,14,15,16). The molecule has 0 radical (unpaired) electrons. The van der Waals surface area contributed by atoms with Gasteiger partial charge in [0.05, 0.1) is 5.75 Å². The molecule has 2 aromatic heterocycles. The van der Waals surface area contributed by atoms with E-state index in [4.69, 9.17) is 5.73 Å². The second-order valence-corrected chi connectivity index (χ2v) is 6.59. The third-order valence-electron chi connectivity index (χ3n) is 2.34. The maximum atomic E-state index is 5.69. The van der Waals surface area contributed by atoms with Gasteiger partial charge in [-0.05, 0) is 6.42 Å². The number of hydrogen-bond acceptors (Lipinski definition) is 10. The Hall–Kier alpha value is -1.68. The van der Waals surface area contributed by atoms with Crippen LogP contribution in [-0.4, -0.2) is 45.8 Å². The molecule has 0 spiro atoms. The summed E-state index contributed by atoms with van der Waals surface area (Å²) in [6.45, 7) is 3.01. The molecule has 0 aliphatic rings. The molecular formula is C11H18N8S2. The first kappa shape index (κ1) is 15.7. The van der Waals surface area contributed by atoms with Crippen LogP contribution in [-0.2, 0) is 5.75 Å². The minimum atomic E-state index is 0.229. The zero-order valence-electron chi connectivity index (χ0n) is 12.2. The maximum absolute atomic E-state index is 5.69. The maximum Gasteiger partial charge on any atom is 0.229 e. The highest BCUT2D eigenvalue weighted by Gasteiger charge is 2.09. The van der Waals surface area contributed by atoms with E-state index in [9.17, 15) is 0 Å². The van der Waals surface area contributed by atoms with Crippen molar-refractivity contribution in [2.45, 2.75) is 23.4 Å². The van der Waals surface area contributed by atoms with E-state index in [1.807, 2.05) is 14.1 Å². The minimum Gasteiger partial charge on any atom is -0.368 e. The van der Waals surface area contributed by atoms with E-state index >= 15 is 0 Å². The van der Waals surface area contributed by atoms with Crippen molar-refractivity contribution in [1.29, 1.82) is 0 Å². The number of hydrogen-bond donors (Lipinski definition) is 2. The molecule has 10 heteroatoms. The number of rotatable bonds is 7. The fourth-order valence-electron chi connectivity index (χ4n) is 1.39. The Labute approximate surface area is 131 Å². The van der Waals surface area contributed by atoms with Gasteiger partial charge >= 0.3 is 0 Å². The zero-order chi connectivity index (χ0) is 15.2. The average molecular weight is 326 g/mol. The predicted octanol–water partition coefficient (Wildman–Crippen LogP) is 1.49. The molecule has 0 aliphatic heterocycles. The van der Waals surface area contributed by atoms with E-state index in [-0.39, 0.29) is 5.95 Å². The highest BCUT2D eigenvalue weighted by molar-refractivity contribution is 8.00. The van der Waals surface area contributed by atoms with Gasteiger partial charge in [-0.1, -0.05) is 30.0 Å². The normalized spacial score (nSPS) is 10.6. The monoisotopic (exact) mass is 326 g/mol. The molecule has 21 heavy (non-hydrogen) atoms. The van der Waals surface area contributed by atoms with Crippen molar-refractivity contribution >= 4 is 40.1 Å². The number of nitrogens with two attached hydrogens (primary N) is 1. The van der Waals surface area contributed by atoms with Gasteiger partial charge in [-0.3, -0.25) is 0 Å². The number of nitrogen functional groups attached to an aromatic ring is 1. The van der Waals surface area contributed by atoms with Crippen molar-refractivity contribution in [2.75, 3.05) is 36.6 Å². The molecule has 0 amide bonds. The molecule has 2 heterocycles. The summed E-state index contributed by atoms with van der Waals surface area (Å²) >= 11 is 3.06. The Balaban J connectivity index is 1.97. The van der Waals surface area contributed by atoms with Crippen LogP contribution in [0.5, 0.6) is 0 Å². The molecule has 8 nitrogen and oxygen atoms in total. The molecule has 0 saturated carbocycles. The van der Waals surface area contributed by atoms with Crippen LogP contribution in [0.15, 0.2) is 4.34 Å². The van der Waals surface area contributed by atoms with Gasteiger partial charge in [-0.2, -0.15) is 15.0 Å². The van der Waals surface area contributed by atoms with E-state index in [1.165, 1.54) is 23.1 Å². The summed E-state index contributed by atoms with van der Waals surface area (Å²) in [5, 5.41) is 12.2. The highest BCUT2D eigenvalue weighted by atomic mass is 32.2. The third-order valence-corrected chi connectivity index (χ3v) is 4.35. The van der Waals surface area contributed by atoms with Crippen LogP contribution in [0.3, 0.4) is 0 Å². The average Bonchev–Trinajstić information content (AvgIpc) is 2.90. The number of thioether (sulfide) groups is 1. The molecule has 2 aromatic rings. The summed E-state index contributed by atoms with van der Waals surface area (Å²) in [5.74, 6) is 2.00. The lowest BCUT2D eigenvalue weighted by atomic mass is 10.5. The topological polar surface area (TPSA) is 106 Å². The van der Waals surface area contributed by atoms with Crippen molar-refractivity contribution in [1.82, 2.24) is 25.1 Å². The molecule has 0 bridgehead atoms. The van der Waals surface area contributed by atoms with Crippen LogP contribution < -0.4 is 16.0 Å². The Morgan fingerprint density at radius 3 is 2.76 bits per heavy atom. The van der Waals surface area contributed by atoms with Gasteiger partial charge < -0.3 is 16.0 Å². The Bertz CT molecular complexity index is 585. The molecule has 0 aliphatic carbocycles. The molecule has 0 atom stereocenters. The Morgan fingerprint density at radius 1 is 1.24 bits per heavy atom. The summed E-state index contributed by atoms with van der Waals surface area (Å²) < 4.78 is 0.874. The van der Waals surface area contributed by atoms with Gasteiger partial charge in [-0.25, -0.2) is 0 Å². The van der Waals surface area contributed by atoms with E-state index in [0.717, 1.165) is 22.4 Å². The molecule has 0 aromatic carbocycles. The predicted molar refractivity (Wildman–Crippen MR) is 86.8 cm³/mol. The van der Waals surface area contributed by atoms with Gasteiger partial charge in [-0.15, -0.1) is 10.2 Å². The molecule has 3 N–H and O–H groups in total. The van der Waals surface area contributed by atoms with Crippen LogP contribution in [0.4, 0.5) is 17.0 Å². The van der Waals surface area contributed by atoms with Crippen molar-refractivity contribution in [2.24, 2.45) is 0 Å². The smallest absolute Gasteiger partial charge is 0.229 e. The number of nitrogens with one attached hydrogen (secondary N) is 1. The van der Waals surface area contributed by atoms with Crippen LogP contribution in [0.2, 0.25) is 0 Å². The second kappa shape index (κ2) is 7.36.